The number of carbonyl (C=O) groups is 2. The van der Waals surface area contributed by atoms with Crippen molar-refractivity contribution in [2.24, 2.45) is 0 Å². The monoisotopic (exact) mass is 638 g/mol. The predicted octanol–water partition coefficient (Wildman–Crippen LogP) is 7.10. The fourth-order valence-corrected chi connectivity index (χ4v) is 5.87. The average molecular weight is 639 g/mol. The van der Waals surface area contributed by atoms with Crippen molar-refractivity contribution in [2.75, 3.05) is 6.54 Å². The number of halogens is 6. The van der Waals surface area contributed by atoms with Crippen LogP contribution in [0, 0.1) is 34.9 Å². The summed E-state index contributed by atoms with van der Waals surface area (Å²) in [6, 6.07) is 5.75. The number of amides is 1. The number of piperidine rings is 1. The van der Waals surface area contributed by atoms with Gasteiger partial charge in [-0.2, -0.15) is 8.78 Å². The van der Waals surface area contributed by atoms with Crippen LogP contribution in [-0.4, -0.2) is 43.6 Å². The first kappa shape index (κ1) is 31.0. The number of thiazole rings is 1. The first-order valence-corrected chi connectivity index (χ1v) is 14.0. The van der Waals surface area contributed by atoms with Gasteiger partial charge in [-0.15, -0.1) is 11.3 Å². The second kappa shape index (κ2) is 11.9. The molecule has 0 radical (unpaired) electrons. The summed E-state index contributed by atoms with van der Waals surface area (Å²) in [7, 11) is 0. The van der Waals surface area contributed by atoms with Crippen molar-refractivity contribution >= 4 is 23.4 Å². The number of hydrogen-bond acceptors (Lipinski definition) is 7. The molecule has 0 aliphatic carbocycles. The molecule has 1 saturated heterocycles. The molecule has 0 bridgehead atoms. The number of aromatic nitrogens is 3. The fourth-order valence-electron chi connectivity index (χ4n) is 4.92. The lowest BCUT2D eigenvalue weighted by molar-refractivity contribution is -0.00753. The smallest absolute Gasteiger partial charge is 0.411 e. The number of hydrogen-bond donors (Lipinski definition) is 0. The third-order valence-electron chi connectivity index (χ3n) is 6.91. The topological polar surface area (TPSA) is 86.5 Å². The van der Waals surface area contributed by atoms with E-state index >= 15 is 0 Å². The molecule has 1 aliphatic rings. The van der Waals surface area contributed by atoms with E-state index in [1.807, 2.05) is 0 Å². The van der Waals surface area contributed by atoms with Gasteiger partial charge in [0.05, 0.1) is 11.3 Å². The maximum absolute atomic E-state index is 14.1. The number of nitrogens with zero attached hydrogens (tertiary/aromatic N) is 4. The largest absolute Gasteiger partial charge is 0.444 e. The van der Waals surface area contributed by atoms with Crippen molar-refractivity contribution in [2.45, 2.75) is 50.8 Å². The minimum Gasteiger partial charge on any atom is -0.444 e. The molecule has 1 amide bonds. The van der Waals surface area contributed by atoms with Crippen molar-refractivity contribution < 1.29 is 45.4 Å². The molecule has 3 atom stereocenters. The third-order valence-corrected chi connectivity index (χ3v) is 7.89. The number of esters is 1. The normalized spacial score (nSPS) is 18.8. The van der Waals surface area contributed by atoms with Gasteiger partial charge in [-0.1, -0.05) is 12.1 Å². The number of imidazole rings is 1. The summed E-state index contributed by atoms with van der Waals surface area (Å²) in [6.07, 6.45) is 3.85. The van der Waals surface area contributed by atoms with Gasteiger partial charge in [0.2, 0.25) is 34.8 Å². The highest BCUT2D eigenvalue weighted by Gasteiger charge is 2.43. The van der Waals surface area contributed by atoms with E-state index in [1.165, 1.54) is 22.4 Å². The second-order valence-corrected chi connectivity index (χ2v) is 11.9. The van der Waals surface area contributed by atoms with Gasteiger partial charge in [-0.3, -0.25) is 4.90 Å². The Balaban J connectivity index is 1.51. The number of carbonyl (C=O) groups excluding carboxylic acids is 2. The molecular formula is C29H24F6N4O4S. The van der Waals surface area contributed by atoms with Crippen LogP contribution in [0.2, 0.25) is 0 Å². The van der Waals surface area contributed by atoms with Crippen LogP contribution in [-0.2, 0) is 4.74 Å². The molecule has 2 aromatic heterocycles. The SMILES string of the molecule is CC(C)(C)OC(=O)N1CC(c2nc(C(=O)Oc3c(F)c(F)c(F)c(F)c3F)cs2)C(c2ccc(F)cc2)CC1n1ccnc1. The highest BCUT2D eigenvalue weighted by atomic mass is 32.1. The van der Waals surface area contributed by atoms with E-state index in [0.717, 1.165) is 11.3 Å². The summed E-state index contributed by atoms with van der Waals surface area (Å²) in [5.74, 6) is -16.3. The molecule has 3 unspecified atom stereocenters. The standard InChI is InChI=1S/C29H24F6N4O4S/c1-29(2,3)43-28(41)39-11-17(16(14-4-6-15(30)7-5-14)10-19(39)38-9-8-36-13-38)26-37-18(12-44-26)27(40)42-25-23(34)21(32)20(31)22(33)24(25)35/h4-9,12-13,16-17,19H,10-11H2,1-3H3. The molecule has 232 valence electrons. The summed E-state index contributed by atoms with van der Waals surface area (Å²) in [5, 5.41) is 1.49. The van der Waals surface area contributed by atoms with Crippen molar-refractivity contribution in [1.82, 2.24) is 19.4 Å². The van der Waals surface area contributed by atoms with E-state index < -0.39 is 82.0 Å². The molecule has 3 heterocycles. The molecule has 1 aliphatic heterocycles. The van der Waals surface area contributed by atoms with Crippen molar-refractivity contribution in [3.63, 3.8) is 0 Å². The van der Waals surface area contributed by atoms with E-state index in [1.54, 1.807) is 56.2 Å². The number of rotatable bonds is 5. The van der Waals surface area contributed by atoms with E-state index in [-0.39, 0.29) is 13.0 Å². The Morgan fingerprint density at radius 3 is 2.16 bits per heavy atom. The van der Waals surface area contributed by atoms with Gasteiger partial charge in [0.1, 0.15) is 17.6 Å². The first-order chi connectivity index (χ1) is 20.7. The van der Waals surface area contributed by atoms with Crippen LogP contribution in [0.15, 0.2) is 48.4 Å². The van der Waals surface area contributed by atoms with Crippen LogP contribution in [0.4, 0.5) is 31.1 Å². The fraction of sp³-hybridized carbons (Fsp3) is 0.310. The number of likely N-dealkylation sites (tertiary alicyclic amines) is 1. The maximum Gasteiger partial charge on any atom is 0.411 e. The quantitative estimate of drug-likeness (QED) is 0.0763. The molecule has 0 spiro atoms. The molecule has 5 rings (SSSR count). The zero-order valence-electron chi connectivity index (χ0n) is 23.4. The van der Waals surface area contributed by atoms with Gasteiger partial charge in [0, 0.05) is 30.2 Å². The third kappa shape index (κ3) is 6.14. The molecule has 4 aromatic rings. The average Bonchev–Trinajstić information content (AvgIpc) is 3.69. The van der Waals surface area contributed by atoms with Gasteiger partial charge in [0.15, 0.2) is 5.69 Å². The Labute approximate surface area is 250 Å². The zero-order chi connectivity index (χ0) is 31.9. The molecule has 0 N–H and O–H groups in total. The minimum atomic E-state index is -2.40. The highest BCUT2D eigenvalue weighted by Crippen LogP contribution is 2.46. The van der Waals surface area contributed by atoms with E-state index in [2.05, 4.69) is 14.7 Å². The van der Waals surface area contributed by atoms with Crippen LogP contribution in [0.5, 0.6) is 5.75 Å². The summed E-state index contributed by atoms with van der Waals surface area (Å²) in [6.45, 7) is 5.15. The minimum absolute atomic E-state index is 0.0133. The van der Waals surface area contributed by atoms with Crippen LogP contribution < -0.4 is 4.74 Å². The summed E-state index contributed by atoms with van der Waals surface area (Å²) in [5.41, 5.74) is -0.597. The summed E-state index contributed by atoms with van der Waals surface area (Å²) >= 11 is 0.960. The van der Waals surface area contributed by atoms with Gasteiger partial charge in [-0.25, -0.2) is 37.1 Å². The molecular weight excluding hydrogens is 614 g/mol. The second-order valence-electron chi connectivity index (χ2n) is 11.0. The molecule has 8 nitrogen and oxygen atoms in total. The van der Waals surface area contributed by atoms with Gasteiger partial charge >= 0.3 is 12.1 Å². The molecule has 2 aromatic carbocycles. The van der Waals surface area contributed by atoms with Gasteiger partial charge in [-0.05, 0) is 50.8 Å². The van der Waals surface area contributed by atoms with Crippen molar-refractivity contribution in [3.8, 4) is 5.75 Å². The van der Waals surface area contributed by atoms with E-state index in [4.69, 9.17) is 4.74 Å². The van der Waals surface area contributed by atoms with Crippen molar-refractivity contribution in [3.05, 3.63) is 99.5 Å². The first-order valence-electron chi connectivity index (χ1n) is 13.2. The van der Waals surface area contributed by atoms with E-state index in [9.17, 15) is 35.9 Å². The predicted molar refractivity (Wildman–Crippen MR) is 144 cm³/mol. The zero-order valence-corrected chi connectivity index (χ0v) is 24.2. The summed E-state index contributed by atoms with van der Waals surface area (Å²) < 4.78 is 94.7. The number of ether oxygens (including phenoxy) is 2. The number of benzene rings is 2. The van der Waals surface area contributed by atoms with Crippen LogP contribution in [0.3, 0.4) is 0 Å². The van der Waals surface area contributed by atoms with Crippen LogP contribution in [0.1, 0.15) is 66.3 Å². The van der Waals surface area contributed by atoms with Crippen molar-refractivity contribution in [1.29, 1.82) is 0 Å². The van der Waals surface area contributed by atoms with Gasteiger partial charge in [0.25, 0.3) is 0 Å². The maximum atomic E-state index is 14.1. The van der Waals surface area contributed by atoms with Gasteiger partial charge < -0.3 is 14.0 Å². The Morgan fingerprint density at radius 1 is 0.932 bits per heavy atom. The lowest BCUT2D eigenvalue weighted by atomic mass is 9.79. The Bertz CT molecular complexity index is 1660. The van der Waals surface area contributed by atoms with Crippen LogP contribution in [0.25, 0.3) is 0 Å². The Hall–Kier alpha value is -4.40. The lowest BCUT2D eigenvalue weighted by Crippen LogP contribution is -2.48. The summed E-state index contributed by atoms with van der Waals surface area (Å²) in [4.78, 5) is 36.0. The Morgan fingerprint density at radius 2 is 1.57 bits per heavy atom. The molecule has 1 fully saturated rings. The van der Waals surface area contributed by atoms with Crippen LogP contribution >= 0.6 is 11.3 Å². The lowest BCUT2D eigenvalue weighted by Gasteiger charge is -2.44. The Kier molecular flexibility index (Phi) is 8.42. The molecule has 15 heteroatoms. The van der Waals surface area contributed by atoms with E-state index in [0.29, 0.717) is 10.6 Å². The molecule has 44 heavy (non-hydrogen) atoms. The molecule has 0 saturated carbocycles. The highest BCUT2D eigenvalue weighted by molar-refractivity contribution is 7.10.